The van der Waals surface area contributed by atoms with E-state index in [0.717, 1.165) is 16.3 Å². The van der Waals surface area contributed by atoms with Crippen LogP contribution in [-0.2, 0) is 10.2 Å². The lowest BCUT2D eigenvalue weighted by Crippen LogP contribution is -2.44. The summed E-state index contributed by atoms with van der Waals surface area (Å²) in [5.74, 6) is 1.31. The summed E-state index contributed by atoms with van der Waals surface area (Å²) in [5, 5.41) is 13.8. The molecule has 5 heteroatoms. The Kier molecular flexibility index (Phi) is 4.61. The maximum atomic E-state index is 12.2. The third-order valence-electron chi connectivity index (χ3n) is 5.17. The molecule has 4 nitrogen and oxygen atoms in total. The lowest BCUT2D eigenvalue weighted by molar-refractivity contribution is -0.117. The van der Waals surface area contributed by atoms with E-state index in [1.807, 2.05) is 12.3 Å². The maximum absolute atomic E-state index is 12.2. The molecule has 2 N–H and O–H groups in total. The summed E-state index contributed by atoms with van der Waals surface area (Å²) >= 11 is 1.62. The van der Waals surface area contributed by atoms with E-state index in [1.165, 1.54) is 12.8 Å². The van der Waals surface area contributed by atoms with E-state index in [1.54, 1.807) is 17.4 Å². The van der Waals surface area contributed by atoms with Crippen molar-refractivity contribution in [3.05, 3.63) is 22.2 Å². The second kappa shape index (κ2) is 6.36. The van der Waals surface area contributed by atoms with Gasteiger partial charge in [0.1, 0.15) is 0 Å². The largest absolute Gasteiger partial charge is 0.396 e. The van der Waals surface area contributed by atoms with Gasteiger partial charge in [-0.2, -0.15) is 0 Å². The van der Waals surface area contributed by atoms with E-state index in [9.17, 15) is 9.90 Å². The molecule has 2 saturated carbocycles. The number of thiazole rings is 1. The Labute approximate surface area is 142 Å². The van der Waals surface area contributed by atoms with Crippen LogP contribution in [0.4, 0.5) is 0 Å². The number of carbonyl (C=O) groups is 1. The summed E-state index contributed by atoms with van der Waals surface area (Å²) in [5.41, 5.74) is 0.0381. The molecule has 1 amide bonds. The van der Waals surface area contributed by atoms with E-state index in [-0.39, 0.29) is 29.9 Å². The normalized spacial score (nSPS) is 30.3. The highest BCUT2D eigenvalue weighted by molar-refractivity contribution is 7.12. The molecule has 2 aliphatic rings. The summed E-state index contributed by atoms with van der Waals surface area (Å²) in [6.07, 6.45) is 8.80. The molecule has 0 aromatic carbocycles. The quantitative estimate of drug-likeness (QED) is 0.832. The van der Waals surface area contributed by atoms with Crippen LogP contribution in [0.3, 0.4) is 0 Å². The van der Waals surface area contributed by atoms with Gasteiger partial charge >= 0.3 is 0 Å². The van der Waals surface area contributed by atoms with Crippen molar-refractivity contribution in [2.24, 2.45) is 17.8 Å². The number of nitrogens with zero attached hydrogens (tertiary/aromatic N) is 1. The van der Waals surface area contributed by atoms with Gasteiger partial charge in [0.2, 0.25) is 5.91 Å². The highest BCUT2D eigenvalue weighted by atomic mass is 32.1. The number of amides is 1. The molecule has 2 fully saturated rings. The van der Waals surface area contributed by atoms with Crippen LogP contribution >= 0.6 is 11.3 Å². The van der Waals surface area contributed by atoms with Crippen LogP contribution < -0.4 is 5.32 Å². The fourth-order valence-corrected chi connectivity index (χ4v) is 4.86. The Morgan fingerprint density at radius 1 is 1.43 bits per heavy atom. The maximum Gasteiger partial charge on any atom is 0.244 e. The van der Waals surface area contributed by atoms with Crippen molar-refractivity contribution < 1.29 is 9.90 Å². The zero-order chi connectivity index (χ0) is 16.6. The van der Waals surface area contributed by atoms with E-state index in [0.29, 0.717) is 11.8 Å². The molecule has 23 heavy (non-hydrogen) atoms. The summed E-state index contributed by atoms with van der Waals surface area (Å²) in [4.78, 5) is 17.6. The van der Waals surface area contributed by atoms with Crippen molar-refractivity contribution in [2.45, 2.75) is 51.5 Å². The molecule has 0 spiro atoms. The Bertz CT molecular complexity index is 602. The molecule has 0 saturated heterocycles. The lowest BCUT2D eigenvalue weighted by atomic mass is 9.85. The molecule has 4 atom stereocenters. The van der Waals surface area contributed by atoms with Crippen molar-refractivity contribution in [2.75, 3.05) is 6.61 Å². The minimum atomic E-state index is -0.0632. The van der Waals surface area contributed by atoms with Gasteiger partial charge in [0, 0.05) is 41.1 Å². The van der Waals surface area contributed by atoms with Crippen LogP contribution in [0.5, 0.6) is 0 Å². The van der Waals surface area contributed by atoms with Crippen LogP contribution in [0.2, 0.25) is 0 Å². The van der Waals surface area contributed by atoms with Gasteiger partial charge in [-0.1, -0.05) is 20.8 Å². The van der Waals surface area contributed by atoms with E-state index in [2.05, 4.69) is 31.1 Å². The van der Waals surface area contributed by atoms with Crippen LogP contribution in [0, 0.1) is 17.8 Å². The first-order valence-electron chi connectivity index (χ1n) is 8.44. The first-order valence-corrected chi connectivity index (χ1v) is 9.26. The van der Waals surface area contributed by atoms with Crippen LogP contribution in [0.25, 0.3) is 6.08 Å². The van der Waals surface area contributed by atoms with Crippen molar-refractivity contribution in [1.29, 1.82) is 0 Å². The molecule has 126 valence electrons. The zero-order valence-electron chi connectivity index (χ0n) is 14.1. The monoisotopic (exact) mass is 334 g/mol. The van der Waals surface area contributed by atoms with E-state index >= 15 is 0 Å². The minimum Gasteiger partial charge on any atom is -0.396 e. The smallest absolute Gasteiger partial charge is 0.244 e. The van der Waals surface area contributed by atoms with Gasteiger partial charge in [0.05, 0.1) is 5.01 Å². The fraction of sp³-hybridized carbons (Fsp3) is 0.667. The van der Waals surface area contributed by atoms with Gasteiger partial charge in [-0.15, -0.1) is 11.3 Å². The Morgan fingerprint density at radius 2 is 2.17 bits per heavy atom. The van der Waals surface area contributed by atoms with E-state index in [4.69, 9.17) is 0 Å². The van der Waals surface area contributed by atoms with Crippen molar-refractivity contribution in [3.8, 4) is 0 Å². The second-order valence-corrected chi connectivity index (χ2v) is 8.93. The number of aliphatic hydroxyl groups is 1. The molecule has 1 aromatic heterocycles. The van der Waals surface area contributed by atoms with Crippen LogP contribution in [0.1, 0.15) is 49.9 Å². The van der Waals surface area contributed by atoms with Crippen LogP contribution in [-0.4, -0.2) is 28.6 Å². The van der Waals surface area contributed by atoms with Crippen LogP contribution in [0.15, 0.2) is 12.3 Å². The predicted molar refractivity (Wildman–Crippen MR) is 93.2 cm³/mol. The molecule has 0 aliphatic heterocycles. The number of aromatic nitrogens is 1. The standard InChI is InChI=1S/C18H26N2O2S/c1-18(2,3)17-19-9-13(23-17)6-7-15(22)20-16-12-5-4-11(8-12)14(16)10-21/h6-7,9,11-12,14,16,21H,4-5,8,10H2,1-3H3,(H,20,22)/b7-6+. The predicted octanol–water partition coefficient (Wildman–Crippen LogP) is 2.98. The Hall–Kier alpha value is -1.20. The number of hydrogen-bond donors (Lipinski definition) is 2. The number of hydrogen-bond acceptors (Lipinski definition) is 4. The molecular formula is C18H26N2O2S. The Balaban J connectivity index is 1.60. The average Bonchev–Trinajstić information content (AvgIpc) is 3.19. The first kappa shape index (κ1) is 16.7. The number of rotatable bonds is 4. The van der Waals surface area contributed by atoms with Gasteiger partial charge in [0.25, 0.3) is 0 Å². The molecule has 4 unspecified atom stereocenters. The second-order valence-electron chi connectivity index (χ2n) is 7.87. The SMILES string of the molecule is CC(C)(C)c1ncc(/C=C/C(=O)NC2C3CCC(C3)C2CO)s1. The van der Waals surface area contributed by atoms with Crippen molar-refractivity contribution in [3.63, 3.8) is 0 Å². The highest BCUT2D eigenvalue weighted by Gasteiger charge is 2.47. The number of fused-ring (bicyclic) bond motifs is 2. The third-order valence-corrected chi connectivity index (χ3v) is 6.56. The van der Waals surface area contributed by atoms with Gasteiger partial charge < -0.3 is 10.4 Å². The number of nitrogens with one attached hydrogen (secondary N) is 1. The minimum absolute atomic E-state index is 0.0381. The summed E-state index contributed by atoms with van der Waals surface area (Å²) in [7, 11) is 0. The molecule has 2 aliphatic carbocycles. The topological polar surface area (TPSA) is 62.2 Å². The number of aliphatic hydroxyl groups excluding tert-OH is 1. The summed E-state index contributed by atoms with van der Waals surface area (Å²) in [6, 6.07) is 0.141. The molecule has 0 radical (unpaired) electrons. The fourth-order valence-electron chi connectivity index (χ4n) is 3.98. The van der Waals surface area contributed by atoms with Crippen molar-refractivity contribution in [1.82, 2.24) is 10.3 Å². The van der Waals surface area contributed by atoms with Gasteiger partial charge in [-0.3, -0.25) is 4.79 Å². The zero-order valence-corrected chi connectivity index (χ0v) is 14.9. The molecule has 3 rings (SSSR count). The van der Waals surface area contributed by atoms with Gasteiger partial charge in [-0.25, -0.2) is 4.98 Å². The highest BCUT2D eigenvalue weighted by Crippen LogP contribution is 2.48. The Morgan fingerprint density at radius 3 is 2.83 bits per heavy atom. The summed E-state index contributed by atoms with van der Waals surface area (Å²) in [6.45, 7) is 6.59. The molecule has 1 aromatic rings. The average molecular weight is 334 g/mol. The molecule has 2 bridgehead atoms. The van der Waals surface area contributed by atoms with Gasteiger partial charge in [-0.05, 0) is 37.2 Å². The van der Waals surface area contributed by atoms with E-state index < -0.39 is 0 Å². The first-order chi connectivity index (χ1) is 10.9. The lowest BCUT2D eigenvalue weighted by Gasteiger charge is -2.30. The third kappa shape index (κ3) is 3.50. The van der Waals surface area contributed by atoms with Gasteiger partial charge in [0.15, 0.2) is 0 Å². The number of carbonyl (C=O) groups excluding carboxylic acids is 1. The molecular weight excluding hydrogens is 308 g/mol. The summed E-state index contributed by atoms with van der Waals surface area (Å²) < 4.78 is 0. The van der Waals surface area contributed by atoms with Crippen molar-refractivity contribution >= 4 is 23.3 Å². The molecule has 1 heterocycles.